The van der Waals surface area contributed by atoms with Crippen molar-refractivity contribution in [3.63, 3.8) is 0 Å². The van der Waals surface area contributed by atoms with E-state index >= 15 is 0 Å². The summed E-state index contributed by atoms with van der Waals surface area (Å²) in [5.41, 5.74) is 8.27. The minimum Gasteiger partial charge on any atom is -0.455 e. The fourth-order valence-electron chi connectivity index (χ4n) is 7.03. The molecule has 8 aromatic carbocycles. The summed E-state index contributed by atoms with van der Waals surface area (Å²) in [6.45, 7) is 0. The van der Waals surface area contributed by atoms with Gasteiger partial charge in [0, 0.05) is 32.7 Å². The van der Waals surface area contributed by atoms with Crippen LogP contribution in [0.15, 0.2) is 154 Å². The van der Waals surface area contributed by atoms with Gasteiger partial charge in [-0.2, -0.15) is 0 Å². The summed E-state index contributed by atoms with van der Waals surface area (Å²) in [5, 5.41) is 12.0. The highest BCUT2D eigenvalue weighted by Gasteiger charge is 2.14. The fraction of sp³-hybridized carbons (Fsp3) is 0. The maximum Gasteiger partial charge on any atom is 0.143 e. The van der Waals surface area contributed by atoms with Crippen LogP contribution >= 0.6 is 0 Å². The van der Waals surface area contributed by atoms with Gasteiger partial charge in [-0.25, -0.2) is 0 Å². The fourth-order valence-corrected chi connectivity index (χ4v) is 7.03. The van der Waals surface area contributed by atoms with Crippen molar-refractivity contribution >= 4 is 76.2 Å². The van der Waals surface area contributed by atoms with Gasteiger partial charge in [0.1, 0.15) is 22.3 Å². The Hall–Kier alpha value is -5.86. The van der Waals surface area contributed by atoms with Crippen LogP contribution in [-0.2, 0) is 0 Å². The minimum atomic E-state index is 0.922. The van der Waals surface area contributed by atoms with Crippen LogP contribution in [0.4, 0.5) is 0 Å². The Kier molecular flexibility index (Phi) is 4.75. The standard InChI is InChI=1S/C42H24O2/c1-3-13-39-35(7-1)37-11-5-9-33(41(37)43-39)27-17-15-25-19-32-24-30-22-28(18-16-26(30)20-31(32)23-29(25)21-27)34-10-6-12-38-36-8-2-4-14-40(36)44-42(34)38/h1-24H. The normalized spacial score (nSPS) is 12.1. The Bertz CT molecular complexity index is 2580. The van der Waals surface area contributed by atoms with E-state index < -0.39 is 0 Å². The zero-order valence-electron chi connectivity index (χ0n) is 23.7. The summed E-state index contributed by atoms with van der Waals surface area (Å²) < 4.78 is 12.7. The molecule has 0 radical (unpaired) electrons. The van der Waals surface area contributed by atoms with Crippen LogP contribution < -0.4 is 0 Å². The molecule has 2 heterocycles. The highest BCUT2D eigenvalue weighted by molar-refractivity contribution is 6.12. The van der Waals surface area contributed by atoms with Crippen molar-refractivity contribution in [2.75, 3.05) is 0 Å². The van der Waals surface area contributed by atoms with Gasteiger partial charge in [0.15, 0.2) is 0 Å². The third-order valence-electron chi connectivity index (χ3n) is 9.18. The van der Waals surface area contributed by atoms with Crippen LogP contribution in [0.1, 0.15) is 0 Å². The third-order valence-corrected chi connectivity index (χ3v) is 9.18. The molecule has 0 aliphatic rings. The first-order valence-electron chi connectivity index (χ1n) is 15.0. The van der Waals surface area contributed by atoms with E-state index in [1.165, 1.54) is 32.3 Å². The number of hydrogen-bond donors (Lipinski definition) is 0. The van der Waals surface area contributed by atoms with E-state index in [1.54, 1.807) is 0 Å². The van der Waals surface area contributed by atoms with Crippen LogP contribution in [0.5, 0.6) is 0 Å². The second kappa shape index (κ2) is 8.82. The number of benzene rings is 8. The topological polar surface area (TPSA) is 26.3 Å². The Balaban J connectivity index is 1.10. The molecule has 10 aromatic rings. The molecule has 0 unspecified atom stereocenters. The lowest BCUT2D eigenvalue weighted by Gasteiger charge is -2.09. The molecule has 10 rings (SSSR count). The van der Waals surface area contributed by atoms with Crippen LogP contribution in [0.25, 0.3) is 98.4 Å². The van der Waals surface area contributed by atoms with E-state index in [9.17, 15) is 0 Å². The molecule has 0 fully saturated rings. The number of hydrogen-bond acceptors (Lipinski definition) is 2. The molecule has 2 aromatic heterocycles. The quantitative estimate of drug-likeness (QED) is 0.197. The summed E-state index contributed by atoms with van der Waals surface area (Å²) in [6.07, 6.45) is 0. The molecule has 0 amide bonds. The summed E-state index contributed by atoms with van der Waals surface area (Å²) in [7, 11) is 0. The predicted molar refractivity (Wildman–Crippen MR) is 184 cm³/mol. The van der Waals surface area contributed by atoms with E-state index in [-0.39, 0.29) is 0 Å². The van der Waals surface area contributed by atoms with Gasteiger partial charge < -0.3 is 8.83 Å². The molecule has 0 aliphatic heterocycles. The molecule has 0 atom stereocenters. The number of para-hydroxylation sites is 4. The van der Waals surface area contributed by atoms with Crippen LogP contribution in [0.2, 0.25) is 0 Å². The highest BCUT2D eigenvalue weighted by atomic mass is 16.3. The molecule has 0 saturated carbocycles. The van der Waals surface area contributed by atoms with E-state index in [2.05, 4.69) is 121 Å². The SMILES string of the molecule is c1ccc2c(c1)oc1c(-c3ccc4cc5cc6cc(-c7cccc8c7oc7ccccc78)ccc6cc5cc4c3)cccc12. The maximum atomic E-state index is 6.34. The molecule has 2 nitrogen and oxygen atoms in total. The van der Waals surface area contributed by atoms with Crippen molar-refractivity contribution in [2.24, 2.45) is 0 Å². The van der Waals surface area contributed by atoms with Crippen LogP contribution in [0.3, 0.4) is 0 Å². The van der Waals surface area contributed by atoms with Crippen molar-refractivity contribution < 1.29 is 8.83 Å². The largest absolute Gasteiger partial charge is 0.455 e. The molecule has 204 valence electrons. The van der Waals surface area contributed by atoms with Gasteiger partial charge >= 0.3 is 0 Å². The smallest absolute Gasteiger partial charge is 0.143 e. The monoisotopic (exact) mass is 560 g/mol. The van der Waals surface area contributed by atoms with Crippen molar-refractivity contribution in [1.82, 2.24) is 0 Å². The summed E-state index contributed by atoms with van der Waals surface area (Å²) in [6, 6.07) is 52.1. The minimum absolute atomic E-state index is 0.922. The van der Waals surface area contributed by atoms with Gasteiger partial charge in [-0.3, -0.25) is 0 Å². The van der Waals surface area contributed by atoms with Crippen molar-refractivity contribution in [2.45, 2.75) is 0 Å². The molecule has 44 heavy (non-hydrogen) atoms. The Labute approximate surface area is 252 Å². The average Bonchev–Trinajstić information content (AvgIpc) is 3.64. The summed E-state index contributed by atoms with van der Waals surface area (Å²) in [5.74, 6) is 0. The van der Waals surface area contributed by atoms with E-state index in [0.29, 0.717) is 0 Å². The molecule has 0 N–H and O–H groups in total. The second-order valence-corrected chi connectivity index (χ2v) is 11.7. The molecular formula is C42H24O2. The van der Waals surface area contributed by atoms with Gasteiger partial charge in [-0.1, -0.05) is 97.1 Å². The highest BCUT2D eigenvalue weighted by Crippen LogP contribution is 2.39. The molecule has 0 aliphatic carbocycles. The third kappa shape index (κ3) is 3.43. The molecule has 0 spiro atoms. The van der Waals surface area contributed by atoms with Gasteiger partial charge in [-0.15, -0.1) is 0 Å². The maximum absolute atomic E-state index is 6.34. The van der Waals surface area contributed by atoms with Gasteiger partial charge in [-0.05, 0) is 92.0 Å². The molecular weight excluding hydrogens is 536 g/mol. The van der Waals surface area contributed by atoms with Gasteiger partial charge in [0.25, 0.3) is 0 Å². The molecule has 2 heteroatoms. The number of fused-ring (bicyclic) bond motifs is 9. The molecule has 0 saturated heterocycles. The lowest BCUT2D eigenvalue weighted by Crippen LogP contribution is -1.84. The zero-order chi connectivity index (χ0) is 28.8. The lowest BCUT2D eigenvalue weighted by atomic mass is 9.94. The van der Waals surface area contributed by atoms with E-state index in [0.717, 1.165) is 66.1 Å². The Morgan fingerprint density at radius 2 is 0.705 bits per heavy atom. The first kappa shape index (κ1) is 23.7. The zero-order valence-corrected chi connectivity index (χ0v) is 23.7. The van der Waals surface area contributed by atoms with Crippen molar-refractivity contribution in [3.05, 3.63) is 146 Å². The molecule has 0 bridgehead atoms. The summed E-state index contributed by atoms with van der Waals surface area (Å²) in [4.78, 5) is 0. The van der Waals surface area contributed by atoms with Crippen molar-refractivity contribution in [3.8, 4) is 22.3 Å². The van der Waals surface area contributed by atoms with Crippen LogP contribution in [-0.4, -0.2) is 0 Å². The number of furan rings is 2. The van der Waals surface area contributed by atoms with Gasteiger partial charge in [0.2, 0.25) is 0 Å². The first-order valence-corrected chi connectivity index (χ1v) is 15.0. The summed E-state index contributed by atoms with van der Waals surface area (Å²) >= 11 is 0. The van der Waals surface area contributed by atoms with Crippen LogP contribution in [0, 0.1) is 0 Å². The van der Waals surface area contributed by atoms with E-state index in [4.69, 9.17) is 8.83 Å². The van der Waals surface area contributed by atoms with Crippen molar-refractivity contribution in [1.29, 1.82) is 0 Å². The first-order chi connectivity index (χ1) is 21.8. The van der Waals surface area contributed by atoms with Gasteiger partial charge in [0.05, 0.1) is 0 Å². The number of rotatable bonds is 2. The Morgan fingerprint density at radius 1 is 0.295 bits per heavy atom. The van der Waals surface area contributed by atoms with E-state index in [1.807, 2.05) is 24.3 Å². The average molecular weight is 561 g/mol. The Morgan fingerprint density at radius 3 is 1.20 bits per heavy atom. The second-order valence-electron chi connectivity index (χ2n) is 11.7. The lowest BCUT2D eigenvalue weighted by molar-refractivity contribution is 0.669. The predicted octanol–water partition coefficient (Wildman–Crippen LogP) is 12.3.